The number of hydrogen-bond acceptors (Lipinski definition) is 5. The van der Waals surface area contributed by atoms with Gasteiger partial charge in [-0.2, -0.15) is 0 Å². The minimum atomic E-state index is 0. The lowest BCUT2D eigenvalue weighted by atomic mass is 10.1. The van der Waals surface area contributed by atoms with Crippen molar-refractivity contribution >= 4 is 29.9 Å². The summed E-state index contributed by atoms with van der Waals surface area (Å²) in [5.74, 6) is 2.63. The number of rotatable bonds is 10. The van der Waals surface area contributed by atoms with Gasteiger partial charge in [-0.15, -0.1) is 24.0 Å². The Morgan fingerprint density at radius 2 is 1.87 bits per heavy atom. The Balaban J connectivity index is 0.00000341. The molecule has 2 heterocycles. The van der Waals surface area contributed by atoms with E-state index in [0.717, 1.165) is 42.7 Å². The molecule has 1 unspecified atom stereocenters. The van der Waals surface area contributed by atoms with Crippen molar-refractivity contribution in [1.29, 1.82) is 0 Å². The summed E-state index contributed by atoms with van der Waals surface area (Å²) < 4.78 is 16.3. The van der Waals surface area contributed by atoms with Crippen molar-refractivity contribution in [3.8, 4) is 5.75 Å². The first-order chi connectivity index (χ1) is 14.8. The van der Waals surface area contributed by atoms with Crippen LogP contribution in [0.3, 0.4) is 0 Å². The summed E-state index contributed by atoms with van der Waals surface area (Å²) in [5.41, 5.74) is 1.16. The molecule has 1 fully saturated rings. The predicted octanol–water partition coefficient (Wildman–Crippen LogP) is 3.82. The zero-order valence-electron chi connectivity index (χ0n) is 18.5. The summed E-state index contributed by atoms with van der Waals surface area (Å²) in [6.07, 6.45) is 5.56. The van der Waals surface area contributed by atoms with Crippen molar-refractivity contribution in [2.45, 2.75) is 31.8 Å². The molecule has 1 atom stereocenters. The van der Waals surface area contributed by atoms with Crippen LogP contribution in [-0.2, 0) is 11.3 Å². The lowest BCUT2D eigenvalue weighted by molar-refractivity contribution is 0.146. The molecule has 172 valence electrons. The van der Waals surface area contributed by atoms with E-state index in [4.69, 9.17) is 13.9 Å². The van der Waals surface area contributed by atoms with Gasteiger partial charge in [0.15, 0.2) is 5.96 Å². The number of benzene rings is 1. The van der Waals surface area contributed by atoms with E-state index in [1.165, 1.54) is 19.3 Å². The second kappa shape index (κ2) is 14.3. The fraction of sp³-hybridized carbons (Fsp3) is 0.522. The highest BCUT2D eigenvalue weighted by molar-refractivity contribution is 14.0. The quantitative estimate of drug-likeness (QED) is 0.206. The molecule has 7 nitrogen and oxygen atoms in total. The SMILES string of the molecule is CN=C(NCc1ccc(OCCOC)cc1)NCC(c1ccco1)N1CCCCC1.I. The maximum Gasteiger partial charge on any atom is 0.191 e. The molecular formula is C23H35IN4O3. The van der Waals surface area contributed by atoms with Crippen molar-refractivity contribution in [3.63, 3.8) is 0 Å². The van der Waals surface area contributed by atoms with E-state index in [0.29, 0.717) is 19.8 Å². The van der Waals surface area contributed by atoms with Crippen LogP contribution in [0.5, 0.6) is 5.75 Å². The Bertz CT molecular complexity index is 747. The van der Waals surface area contributed by atoms with Gasteiger partial charge in [-0.25, -0.2) is 0 Å². The number of ether oxygens (including phenoxy) is 2. The highest BCUT2D eigenvalue weighted by atomic mass is 127. The number of nitrogens with one attached hydrogen (secondary N) is 2. The van der Waals surface area contributed by atoms with Crippen LogP contribution in [0.2, 0.25) is 0 Å². The number of likely N-dealkylation sites (tertiary alicyclic amines) is 1. The van der Waals surface area contributed by atoms with Crippen LogP contribution in [0, 0.1) is 0 Å². The fourth-order valence-electron chi connectivity index (χ4n) is 3.67. The summed E-state index contributed by atoms with van der Waals surface area (Å²) in [6.45, 7) is 4.79. The van der Waals surface area contributed by atoms with Crippen LogP contribution < -0.4 is 15.4 Å². The van der Waals surface area contributed by atoms with Crippen LogP contribution in [0.25, 0.3) is 0 Å². The summed E-state index contributed by atoms with van der Waals surface area (Å²) in [5, 5.41) is 6.86. The van der Waals surface area contributed by atoms with E-state index in [2.05, 4.69) is 38.7 Å². The third kappa shape index (κ3) is 8.34. The third-order valence-corrected chi connectivity index (χ3v) is 5.33. The first-order valence-corrected chi connectivity index (χ1v) is 10.7. The van der Waals surface area contributed by atoms with Crippen molar-refractivity contribution in [2.24, 2.45) is 4.99 Å². The first-order valence-electron chi connectivity index (χ1n) is 10.7. The van der Waals surface area contributed by atoms with Crippen LogP contribution in [-0.4, -0.2) is 57.9 Å². The largest absolute Gasteiger partial charge is 0.491 e. The number of halogens is 1. The molecule has 1 aliphatic rings. The van der Waals surface area contributed by atoms with E-state index < -0.39 is 0 Å². The van der Waals surface area contributed by atoms with Gasteiger partial charge in [0.05, 0.1) is 18.9 Å². The molecule has 1 aromatic heterocycles. The van der Waals surface area contributed by atoms with Crippen molar-refractivity contribution < 1.29 is 13.9 Å². The Morgan fingerprint density at radius 3 is 2.52 bits per heavy atom. The number of hydrogen-bond donors (Lipinski definition) is 2. The topological polar surface area (TPSA) is 71.3 Å². The standard InChI is InChI=1S/C23H34N4O3.HI/c1-24-23(25-17-19-8-10-20(11-9-19)29-16-15-28-2)26-18-21(22-7-6-14-30-22)27-12-4-3-5-13-27;/h6-11,14,21H,3-5,12-13,15-18H2,1-2H3,(H2,24,25,26);1H. The molecule has 8 heteroatoms. The second-order valence-corrected chi connectivity index (χ2v) is 7.42. The zero-order valence-corrected chi connectivity index (χ0v) is 20.8. The number of aliphatic imine (C=N–C) groups is 1. The molecule has 1 aliphatic heterocycles. The van der Waals surface area contributed by atoms with E-state index in [1.807, 2.05) is 18.2 Å². The summed E-state index contributed by atoms with van der Waals surface area (Å²) in [6, 6.07) is 12.3. The Labute approximate surface area is 202 Å². The van der Waals surface area contributed by atoms with Gasteiger partial charge in [0.25, 0.3) is 0 Å². The highest BCUT2D eigenvalue weighted by Crippen LogP contribution is 2.24. The maximum absolute atomic E-state index is 5.73. The van der Waals surface area contributed by atoms with Gasteiger partial charge in [-0.3, -0.25) is 9.89 Å². The number of nitrogens with zero attached hydrogens (tertiary/aromatic N) is 2. The Morgan fingerprint density at radius 1 is 1.10 bits per heavy atom. The molecule has 2 N–H and O–H groups in total. The van der Waals surface area contributed by atoms with Crippen LogP contribution >= 0.6 is 24.0 Å². The molecule has 1 saturated heterocycles. The molecule has 0 saturated carbocycles. The van der Waals surface area contributed by atoms with E-state index in [9.17, 15) is 0 Å². The fourth-order valence-corrected chi connectivity index (χ4v) is 3.67. The molecule has 3 rings (SSSR count). The average Bonchev–Trinajstić information content (AvgIpc) is 3.32. The number of guanidine groups is 1. The third-order valence-electron chi connectivity index (χ3n) is 5.33. The van der Waals surface area contributed by atoms with E-state index in [-0.39, 0.29) is 30.0 Å². The van der Waals surface area contributed by atoms with E-state index in [1.54, 1.807) is 20.4 Å². The minimum absolute atomic E-state index is 0. The first kappa shape index (κ1) is 25.5. The van der Waals surface area contributed by atoms with Gasteiger partial charge in [0.2, 0.25) is 0 Å². The van der Waals surface area contributed by atoms with Crippen molar-refractivity contribution in [2.75, 3.05) is 47.0 Å². The summed E-state index contributed by atoms with van der Waals surface area (Å²) >= 11 is 0. The summed E-state index contributed by atoms with van der Waals surface area (Å²) in [4.78, 5) is 6.88. The van der Waals surface area contributed by atoms with Gasteiger partial charge < -0.3 is 24.5 Å². The van der Waals surface area contributed by atoms with Gasteiger partial charge in [-0.1, -0.05) is 18.6 Å². The monoisotopic (exact) mass is 542 g/mol. The maximum atomic E-state index is 5.73. The van der Waals surface area contributed by atoms with Gasteiger partial charge in [-0.05, 0) is 55.8 Å². The molecule has 2 aromatic rings. The summed E-state index contributed by atoms with van der Waals surface area (Å²) in [7, 11) is 3.47. The molecular weight excluding hydrogens is 507 g/mol. The van der Waals surface area contributed by atoms with Gasteiger partial charge in [0.1, 0.15) is 18.1 Å². The van der Waals surface area contributed by atoms with Crippen molar-refractivity contribution in [1.82, 2.24) is 15.5 Å². The molecule has 31 heavy (non-hydrogen) atoms. The Hall–Kier alpha value is -1.78. The molecule has 0 aliphatic carbocycles. The lowest BCUT2D eigenvalue weighted by Crippen LogP contribution is -2.44. The van der Waals surface area contributed by atoms with Gasteiger partial charge in [0, 0.05) is 27.2 Å². The number of methoxy groups -OCH3 is 1. The zero-order chi connectivity index (χ0) is 21.0. The molecule has 1 aromatic carbocycles. The molecule has 0 bridgehead atoms. The molecule has 0 radical (unpaired) electrons. The highest BCUT2D eigenvalue weighted by Gasteiger charge is 2.24. The molecule has 0 spiro atoms. The number of piperidine rings is 1. The smallest absolute Gasteiger partial charge is 0.191 e. The van der Waals surface area contributed by atoms with E-state index >= 15 is 0 Å². The predicted molar refractivity (Wildman–Crippen MR) is 134 cm³/mol. The molecule has 0 amide bonds. The van der Waals surface area contributed by atoms with Crippen molar-refractivity contribution in [3.05, 3.63) is 54.0 Å². The van der Waals surface area contributed by atoms with Crippen LogP contribution in [0.4, 0.5) is 0 Å². The minimum Gasteiger partial charge on any atom is -0.491 e. The lowest BCUT2D eigenvalue weighted by Gasteiger charge is -2.33. The normalized spacial score (nSPS) is 15.7. The van der Waals surface area contributed by atoms with Gasteiger partial charge >= 0.3 is 0 Å². The Kier molecular flexibility index (Phi) is 11.8. The number of furan rings is 1. The average molecular weight is 542 g/mol. The van der Waals surface area contributed by atoms with Crippen LogP contribution in [0.15, 0.2) is 52.1 Å². The van der Waals surface area contributed by atoms with Crippen LogP contribution in [0.1, 0.15) is 36.6 Å². The second-order valence-electron chi connectivity index (χ2n) is 7.42.